The van der Waals surface area contributed by atoms with Crippen LogP contribution in [0.3, 0.4) is 0 Å². The minimum atomic E-state index is -4.69. The van der Waals surface area contributed by atoms with Crippen molar-refractivity contribution in [1.29, 1.82) is 0 Å². The topological polar surface area (TPSA) is 110 Å². The molecule has 0 bridgehead atoms. The van der Waals surface area contributed by atoms with E-state index in [1.165, 1.54) is 13.2 Å². The summed E-state index contributed by atoms with van der Waals surface area (Å²) in [6.07, 6.45) is -0.480. The van der Waals surface area contributed by atoms with Gasteiger partial charge < -0.3 is 27.9 Å². The summed E-state index contributed by atoms with van der Waals surface area (Å²) in [5, 5.41) is 0. The summed E-state index contributed by atoms with van der Waals surface area (Å²) in [6.45, 7) is 0.962. The van der Waals surface area contributed by atoms with Crippen LogP contribution >= 0.6 is 0 Å². The fourth-order valence-electron chi connectivity index (χ4n) is 4.31. The molecule has 2 aliphatic rings. The van der Waals surface area contributed by atoms with Crippen LogP contribution in [0.25, 0.3) is 0 Å². The maximum atomic E-state index is 11.2. The molecule has 2 fully saturated rings. The molecule has 2 saturated heterocycles. The average Bonchev–Trinajstić information content (AvgIpc) is 3.34. The van der Waals surface area contributed by atoms with Gasteiger partial charge in [0.05, 0.1) is 46.8 Å². The first-order valence-electron chi connectivity index (χ1n) is 9.64. The van der Waals surface area contributed by atoms with E-state index >= 15 is 0 Å². The van der Waals surface area contributed by atoms with Crippen LogP contribution in [0.5, 0.6) is 23.0 Å². The van der Waals surface area contributed by atoms with Crippen LogP contribution in [0.15, 0.2) is 36.4 Å². The normalized spacial score (nSPS) is 25.2. The van der Waals surface area contributed by atoms with Crippen molar-refractivity contribution >= 4 is 10.4 Å². The standard InChI is InChI=1S/C21H24O9S/c1-25-16-6-4-12(8-18(16)27-3)20-14-10-29-21(15(14)11-28-20)13-5-7-17(26-2)19(9-13)30-31(22,23)24/h4-9,14-15,20-21H,10-11H2,1-3H3,(H,22,23,24)/t14?,15?,20-,21+/m1/s1. The molecule has 0 saturated carbocycles. The van der Waals surface area contributed by atoms with E-state index in [2.05, 4.69) is 4.18 Å². The van der Waals surface area contributed by atoms with Gasteiger partial charge in [0, 0.05) is 11.8 Å². The summed E-state index contributed by atoms with van der Waals surface area (Å²) in [6, 6.07) is 10.6. The largest absolute Gasteiger partial charge is 0.493 e. The first-order valence-corrected chi connectivity index (χ1v) is 11.0. The first kappa shape index (κ1) is 21.7. The Morgan fingerprint density at radius 2 is 1.23 bits per heavy atom. The third kappa shape index (κ3) is 4.29. The van der Waals surface area contributed by atoms with Gasteiger partial charge in [-0.15, -0.1) is 0 Å². The Kier molecular flexibility index (Phi) is 5.98. The van der Waals surface area contributed by atoms with E-state index in [0.717, 1.165) is 5.56 Å². The molecule has 9 nitrogen and oxygen atoms in total. The van der Waals surface area contributed by atoms with Crippen LogP contribution in [0.2, 0.25) is 0 Å². The Morgan fingerprint density at radius 3 is 1.68 bits per heavy atom. The van der Waals surface area contributed by atoms with Crippen molar-refractivity contribution in [3.63, 3.8) is 0 Å². The molecular formula is C21H24O9S. The number of methoxy groups -OCH3 is 3. The van der Waals surface area contributed by atoms with Crippen molar-refractivity contribution in [2.75, 3.05) is 34.5 Å². The van der Waals surface area contributed by atoms with E-state index in [9.17, 15) is 8.42 Å². The van der Waals surface area contributed by atoms with Gasteiger partial charge in [0.2, 0.25) is 0 Å². The monoisotopic (exact) mass is 452 g/mol. The maximum absolute atomic E-state index is 11.2. The summed E-state index contributed by atoms with van der Waals surface area (Å²) in [7, 11) is -0.136. The van der Waals surface area contributed by atoms with Gasteiger partial charge in [0.1, 0.15) is 0 Å². The fraction of sp³-hybridized carbons (Fsp3) is 0.429. The highest BCUT2D eigenvalue weighted by atomic mass is 32.3. The van der Waals surface area contributed by atoms with Crippen LogP contribution < -0.4 is 18.4 Å². The lowest BCUT2D eigenvalue weighted by atomic mass is 9.85. The van der Waals surface area contributed by atoms with Crippen LogP contribution in [-0.4, -0.2) is 47.5 Å². The average molecular weight is 452 g/mol. The summed E-state index contributed by atoms with van der Waals surface area (Å²) in [5.41, 5.74) is 1.68. The van der Waals surface area contributed by atoms with Crippen LogP contribution in [0.1, 0.15) is 23.3 Å². The van der Waals surface area contributed by atoms with Crippen LogP contribution in [0.4, 0.5) is 0 Å². The van der Waals surface area contributed by atoms with Crippen molar-refractivity contribution in [3.8, 4) is 23.0 Å². The second-order valence-electron chi connectivity index (χ2n) is 7.37. The Balaban J connectivity index is 1.58. The molecule has 0 radical (unpaired) electrons. The van der Waals surface area contributed by atoms with Crippen molar-refractivity contribution < 1.29 is 40.8 Å². The summed E-state index contributed by atoms with van der Waals surface area (Å²) >= 11 is 0. The molecule has 1 N–H and O–H groups in total. The number of ether oxygens (including phenoxy) is 5. The SMILES string of the molecule is COc1ccc([C@H]2OCC3C2CO[C@H]3c2ccc(OC)c(OS(=O)(=O)O)c2)cc1OC. The van der Waals surface area contributed by atoms with Crippen LogP contribution in [-0.2, 0) is 19.9 Å². The van der Waals surface area contributed by atoms with E-state index in [-0.39, 0.29) is 35.5 Å². The quantitative estimate of drug-likeness (QED) is 0.634. The highest BCUT2D eigenvalue weighted by molar-refractivity contribution is 7.81. The predicted octanol–water partition coefficient (Wildman–Crippen LogP) is 2.97. The Hall–Kier alpha value is -2.53. The molecule has 168 valence electrons. The molecule has 2 aromatic carbocycles. The van der Waals surface area contributed by atoms with Gasteiger partial charge in [-0.25, -0.2) is 0 Å². The van der Waals surface area contributed by atoms with Crippen LogP contribution in [0, 0.1) is 11.8 Å². The molecule has 0 spiro atoms. The lowest BCUT2D eigenvalue weighted by molar-refractivity contribution is 0.0191. The minimum Gasteiger partial charge on any atom is -0.493 e. The number of hydrogen-bond donors (Lipinski definition) is 1. The van der Waals surface area contributed by atoms with E-state index in [4.69, 9.17) is 28.2 Å². The van der Waals surface area contributed by atoms with Gasteiger partial charge in [-0.05, 0) is 35.4 Å². The Labute approximate surface area is 180 Å². The van der Waals surface area contributed by atoms with Crippen molar-refractivity contribution in [2.45, 2.75) is 12.2 Å². The van der Waals surface area contributed by atoms with Gasteiger partial charge in [0.25, 0.3) is 0 Å². The molecule has 2 unspecified atom stereocenters. The second kappa shape index (κ2) is 8.54. The lowest BCUT2D eigenvalue weighted by Gasteiger charge is -2.18. The van der Waals surface area contributed by atoms with Crippen molar-refractivity contribution in [3.05, 3.63) is 47.5 Å². The second-order valence-corrected chi connectivity index (χ2v) is 8.39. The van der Waals surface area contributed by atoms with Gasteiger partial charge in [-0.2, -0.15) is 8.42 Å². The van der Waals surface area contributed by atoms with Gasteiger partial charge in [-0.3, -0.25) is 4.55 Å². The summed E-state index contributed by atoms with van der Waals surface area (Å²) in [5.74, 6) is 1.52. The smallest absolute Gasteiger partial charge is 0.446 e. The molecule has 0 aliphatic carbocycles. The molecule has 0 aromatic heterocycles. The highest BCUT2D eigenvalue weighted by Crippen LogP contribution is 2.51. The Bertz CT molecular complexity index is 1050. The maximum Gasteiger partial charge on any atom is 0.446 e. The summed E-state index contributed by atoms with van der Waals surface area (Å²) in [4.78, 5) is 0. The number of hydrogen-bond acceptors (Lipinski definition) is 8. The summed E-state index contributed by atoms with van der Waals surface area (Å²) < 4.78 is 64.1. The molecule has 2 aromatic rings. The lowest BCUT2D eigenvalue weighted by Crippen LogP contribution is -2.15. The molecule has 31 heavy (non-hydrogen) atoms. The van der Waals surface area contributed by atoms with Gasteiger partial charge in [-0.1, -0.05) is 12.1 Å². The molecule has 10 heteroatoms. The van der Waals surface area contributed by atoms with E-state index in [1.807, 2.05) is 18.2 Å². The minimum absolute atomic E-state index is 0.0603. The van der Waals surface area contributed by atoms with Crippen molar-refractivity contribution in [2.24, 2.45) is 11.8 Å². The number of fused-ring (bicyclic) bond motifs is 1. The first-order chi connectivity index (χ1) is 14.8. The van der Waals surface area contributed by atoms with E-state index in [0.29, 0.717) is 30.3 Å². The third-order valence-electron chi connectivity index (χ3n) is 5.71. The predicted molar refractivity (Wildman–Crippen MR) is 109 cm³/mol. The number of rotatable bonds is 7. The molecule has 2 heterocycles. The third-order valence-corrected chi connectivity index (χ3v) is 6.10. The zero-order valence-corrected chi connectivity index (χ0v) is 18.1. The van der Waals surface area contributed by atoms with E-state index < -0.39 is 10.4 Å². The number of benzene rings is 2. The fourth-order valence-corrected chi connectivity index (χ4v) is 4.67. The molecule has 4 atom stereocenters. The zero-order valence-electron chi connectivity index (χ0n) is 17.3. The zero-order chi connectivity index (χ0) is 22.2. The van der Waals surface area contributed by atoms with Crippen molar-refractivity contribution in [1.82, 2.24) is 0 Å². The highest BCUT2D eigenvalue weighted by Gasteiger charge is 2.48. The Morgan fingerprint density at radius 1 is 0.774 bits per heavy atom. The van der Waals surface area contributed by atoms with E-state index in [1.54, 1.807) is 26.4 Å². The molecule has 4 rings (SSSR count). The molecular weight excluding hydrogens is 428 g/mol. The molecule has 2 aliphatic heterocycles. The molecule has 0 amide bonds. The van der Waals surface area contributed by atoms with Gasteiger partial charge in [0.15, 0.2) is 23.0 Å². The van der Waals surface area contributed by atoms with Gasteiger partial charge >= 0.3 is 10.4 Å².